The van der Waals surface area contributed by atoms with Gasteiger partial charge in [0.25, 0.3) is 5.91 Å². The molecule has 3 rings (SSSR count). The molecule has 7 nitrogen and oxygen atoms in total. The van der Waals surface area contributed by atoms with E-state index >= 15 is 0 Å². The fourth-order valence-corrected chi connectivity index (χ4v) is 5.84. The zero-order valence-electron chi connectivity index (χ0n) is 19.1. The third kappa shape index (κ3) is 6.75. The molecule has 0 aromatic heterocycles. The Kier molecular flexibility index (Phi) is 8.89. The van der Waals surface area contributed by atoms with Crippen molar-refractivity contribution in [2.75, 3.05) is 53.4 Å². The minimum absolute atomic E-state index is 0.0765. The smallest absolute Gasteiger partial charge is 0.251 e. The Morgan fingerprint density at radius 3 is 2.32 bits per heavy atom. The van der Waals surface area contributed by atoms with Crippen LogP contribution in [0.1, 0.15) is 55.3 Å². The number of rotatable bonds is 9. The summed E-state index contributed by atoms with van der Waals surface area (Å²) in [6.07, 6.45) is 7.20. The lowest BCUT2D eigenvalue weighted by atomic mass is 9.96. The lowest BCUT2D eigenvalue weighted by Crippen LogP contribution is -2.44. The average molecular weight is 451 g/mol. The summed E-state index contributed by atoms with van der Waals surface area (Å²) in [6, 6.07) is 6.41. The van der Waals surface area contributed by atoms with Crippen LogP contribution >= 0.6 is 0 Å². The van der Waals surface area contributed by atoms with Crippen molar-refractivity contribution in [3.05, 3.63) is 29.8 Å². The van der Waals surface area contributed by atoms with E-state index in [0.29, 0.717) is 12.1 Å². The van der Waals surface area contributed by atoms with E-state index in [4.69, 9.17) is 0 Å². The van der Waals surface area contributed by atoms with E-state index in [1.807, 2.05) is 0 Å². The van der Waals surface area contributed by atoms with Crippen molar-refractivity contribution < 1.29 is 13.2 Å². The van der Waals surface area contributed by atoms with Crippen LogP contribution < -0.4 is 5.32 Å². The Bertz CT molecular complexity index is 799. The van der Waals surface area contributed by atoms with Crippen molar-refractivity contribution in [2.24, 2.45) is 0 Å². The second-order valence-electron chi connectivity index (χ2n) is 8.95. The molecule has 174 valence electrons. The number of nitrogens with zero attached hydrogens (tertiary/aromatic N) is 3. The van der Waals surface area contributed by atoms with E-state index in [-0.39, 0.29) is 16.8 Å². The van der Waals surface area contributed by atoms with Crippen molar-refractivity contribution >= 4 is 15.9 Å². The Morgan fingerprint density at radius 2 is 1.68 bits per heavy atom. The molecule has 1 amide bonds. The molecule has 31 heavy (non-hydrogen) atoms. The van der Waals surface area contributed by atoms with Crippen molar-refractivity contribution in [2.45, 2.75) is 55.9 Å². The van der Waals surface area contributed by atoms with Gasteiger partial charge in [-0.15, -0.1) is 0 Å². The summed E-state index contributed by atoms with van der Waals surface area (Å²) in [5.41, 5.74) is 0.498. The molecule has 8 heteroatoms. The first-order valence-corrected chi connectivity index (χ1v) is 13.1. The number of unbranched alkanes of at least 4 members (excludes halogenated alkanes) is 1. The van der Waals surface area contributed by atoms with E-state index in [9.17, 15) is 13.2 Å². The highest BCUT2D eigenvalue weighted by Gasteiger charge is 2.29. The van der Waals surface area contributed by atoms with E-state index in [2.05, 4.69) is 22.2 Å². The molecule has 1 heterocycles. The number of hydrogen-bond acceptors (Lipinski definition) is 5. The highest BCUT2D eigenvalue weighted by atomic mass is 32.2. The van der Waals surface area contributed by atoms with E-state index in [1.54, 1.807) is 31.3 Å². The van der Waals surface area contributed by atoms with Crippen molar-refractivity contribution in [3.63, 3.8) is 0 Å². The highest BCUT2D eigenvalue weighted by molar-refractivity contribution is 7.89. The zero-order chi connectivity index (χ0) is 22.3. The Morgan fingerprint density at radius 1 is 1.03 bits per heavy atom. The van der Waals surface area contributed by atoms with E-state index < -0.39 is 10.0 Å². The monoisotopic (exact) mass is 450 g/mol. The second kappa shape index (κ2) is 11.4. The van der Waals surface area contributed by atoms with E-state index in [0.717, 1.165) is 71.2 Å². The molecular formula is C23H38N4O3S. The third-order valence-corrected chi connectivity index (χ3v) is 8.59. The number of hydrogen-bond donors (Lipinski definition) is 1. The summed E-state index contributed by atoms with van der Waals surface area (Å²) in [6.45, 7) is 6.20. The first-order chi connectivity index (χ1) is 14.9. The standard InChI is InChI=1S/C23H38N4O3S/c1-25-16-18-27(19-17-25)15-7-6-14-24-23(28)20-10-12-22(13-11-20)31(29,30)26(2)21-8-4-3-5-9-21/h10-13,21H,3-9,14-19H2,1-2H3,(H,24,28). The molecule has 1 N–H and O–H groups in total. The van der Waals surface area contributed by atoms with Gasteiger partial charge in [-0.2, -0.15) is 4.31 Å². The van der Waals surface area contributed by atoms with Gasteiger partial charge in [0.2, 0.25) is 10.0 Å². The normalized spacial score (nSPS) is 19.6. The largest absolute Gasteiger partial charge is 0.352 e. The third-order valence-electron chi connectivity index (χ3n) is 6.66. The van der Waals surface area contributed by atoms with Gasteiger partial charge in [0, 0.05) is 51.4 Å². The number of carbonyl (C=O) groups excluding carboxylic acids is 1. The van der Waals surface area contributed by atoms with E-state index in [1.165, 1.54) is 10.7 Å². The second-order valence-corrected chi connectivity index (χ2v) is 10.9. The topological polar surface area (TPSA) is 73.0 Å². The zero-order valence-corrected chi connectivity index (χ0v) is 19.9. The molecule has 0 spiro atoms. The molecule has 0 radical (unpaired) electrons. The molecule has 1 aliphatic carbocycles. The summed E-state index contributed by atoms with van der Waals surface area (Å²) >= 11 is 0. The summed E-state index contributed by atoms with van der Waals surface area (Å²) < 4.78 is 27.4. The Labute approximate surface area is 187 Å². The van der Waals surface area contributed by atoms with Crippen LogP contribution in [0.5, 0.6) is 0 Å². The van der Waals surface area contributed by atoms with Crippen LogP contribution in [-0.4, -0.2) is 87.8 Å². The van der Waals surface area contributed by atoms with Gasteiger partial charge in [0.1, 0.15) is 0 Å². The predicted molar refractivity (Wildman–Crippen MR) is 124 cm³/mol. The van der Waals surface area contributed by atoms with Crippen LogP contribution in [0.15, 0.2) is 29.2 Å². The maximum absolute atomic E-state index is 12.9. The number of amides is 1. The summed E-state index contributed by atoms with van der Waals surface area (Å²) in [5, 5.41) is 2.95. The molecule has 1 saturated carbocycles. The SMILES string of the molecule is CN1CCN(CCCCNC(=O)c2ccc(S(=O)(=O)N(C)C3CCCCC3)cc2)CC1. The van der Waals surface area contributed by atoms with Crippen LogP contribution in [0.25, 0.3) is 0 Å². The molecule has 1 saturated heterocycles. The number of carbonyl (C=O) groups is 1. The lowest BCUT2D eigenvalue weighted by molar-refractivity contribution is 0.0951. The molecule has 2 fully saturated rings. The first kappa shape index (κ1) is 24.2. The van der Waals surface area contributed by atoms with Crippen LogP contribution in [0.3, 0.4) is 0 Å². The Balaban J connectivity index is 1.43. The van der Waals surface area contributed by atoms with Crippen LogP contribution in [-0.2, 0) is 10.0 Å². The summed E-state index contributed by atoms with van der Waals surface area (Å²) in [7, 11) is 0.306. The van der Waals surface area contributed by atoms with Crippen molar-refractivity contribution in [1.29, 1.82) is 0 Å². The van der Waals surface area contributed by atoms with Crippen LogP contribution in [0.2, 0.25) is 0 Å². The Hall–Kier alpha value is -1.48. The molecule has 1 aromatic rings. The first-order valence-electron chi connectivity index (χ1n) is 11.6. The molecule has 0 unspecified atom stereocenters. The van der Waals surface area contributed by atoms with Crippen molar-refractivity contribution in [3.8, 4) is 0 Å². The maximum Gasteiger partial charge on any atom is 0.251 e. The summed E-state index contributed by atoms with van der Waals surface area (Å²) in [4.78, 5) is 17.5. The molecule has 1 aromatic carbocycles. The van der Waals surface area contributed by atoms with Gasteiger partial charge < -0.3 is 15.1 Å². The minimum Gasteiger partial charge on any atom is -0.352 e. The van der Waals surface area contributed by atoms with Gasteiger partial charge in [-0.3, -0.25) is 4.79 Å². The number of sulfonamides is 1. The molecule has 0 bridgehead atoms. The van der Waals surface area contributed by atoms with Crippen LogP contribution in [0.4, 0.5) is 0 Å². The highest BCUT2D eigenvalue weighted by Crippen LogP contribution is 2.26. The quantitative estimate of drug-likeness (QED) is 0.585. The number of nitrogens with one attached hydrogen (secondary N) is 1. The number of piperazine rings is 1. The minimum atomic E-state index is -3.53. The van der Waals surface area contributed by atoms with Gasteiger partial charge in [0.15, 0.2) is 0 Å². The molecular weight excluding hydrogens is 412 g/mol. The average Bonchev–Trinajstić information content (AvgIpc) is 2.80. The van der Waals surface area contributed by atoms with Gasteiger partial charge in [-0.05, 0) is 63.5 Å². The fraction of sp³-hybridized carbons (Fsp3) is 0.696. The molecule has 1 aliphatic heterocycles. The number of benzene rings is 1. The summed E-state index contributed by atoms with van der Waals surface area (Å²) in [5.74, 6) is -0.149. The van der Waals surface area contributed by atoms with Gasteiger partial charge in [0.05, 0.1) is 4.90 Å². The van der Waals surface area contributed by atoms with Gasteiger partial charge in [-0.1, -0.05) is 19.3 Å². The number of likely N-dealkylation sites (N-methyl/N-ethyl adjacent to an activating group) is 1. The molecule has 2 aliphatic rings. The molecule has 0 atom stereocenters. The fourth-order valence-electron chi connectivity index (χ4n) is 4.42. The lowest BCUT2D eigenvalue weighted by Gasteiger charge is -2.32. The van der Waals surface area contributed by atoms with Gasteiger partial charge in [-0.25, -0.2) is 8.42 Å². The van der Waals surface area contributed by atoms with Crippen molar-refractivity contribution in [1.82, 2.24) is 19.4 Å². The maximum atomic E-state index is 12.9. The van der Waals surface area contributed by atoms with Gasteiger partial charge >= 0.3 is 0 Å². The predicted octanol–water partition coefficient (Wildman–Crippen LogP) is 2.40. The van der Waals surface area contributed by atoms with Crippen LogP contribution in [0, 0.1) is 0 Å².